The first kappa shape index (κ1) is 35.6. The van der Waals surface area contributed by atoms with Gasteiger partial charge in [-0.05, 0) is 42.8 Å². The van der Waals surface area contributed by atoms with E-state index in [9.17, 15) is 9.18 Å². The van der Waals surface area contributed by atoms with E-state index in [2.05, 4.69) is 30.4 Å². The maximum Gasteiger partial charge on any atom is 0.434 e. The summed E-state index contributed by atoms with van der Waals surface area (Å²) in [5, 5.41) is 14.5. The third-order valence-electron chi connectivity index (χ3n) is 6.79. The van der Waals surface area contributed by atoms with Gasteiger partial charge >= 0.3 is 5.76 Å². The molecule has 2 aromatic carbocycles. The van der Waals surface area contributed by atoms with Gasteiger partial charge in [0.1, 0.15) is 29.9 Å². The van der Waals surface area contributed by atoms with Crippen molar-refractivity contribution in [1.82, 2.24) is 39.5 Å². The van der Waals surface area contributed by atoms with Crippen molar-refractivity contribution in [2.45, 2.75) is 60.7 Å². The third kappa shape index (κ3) is 8.18. The van der Waals surface area contributed by atoms with Crippen LogP contribution in [0.1, 0.15) is 57.3 Å². The molecular weight excluding hydrogens is 649 g/mol. The van der Waals surface area contributed by atoms with Gasteiger partial charge in [-0.1, -0.05) is 51.4 Å². The van der Waals surface area contributed by atoms with Gasteiger partial charge in [0.2, 0.25) is 11.7 Å². The molecule has 0 saturated carbocycles. The van der Waals surface area contributed by atoms with Crippen LogP contribution in [-0.2, 0) is 26.1 Å². The normalized spacial score (nSPS) is 10.6. The minimum Gasteiger partial charge on any atom is -0.473 e. The molecule has 0 unspecified atom stereocenters. The number of benzene rings is 2. The summed E-state index contributed by atoms with van der Waals surface area (Å²) in [6.07, 6.45) is 3.17. The number of hydrogen-bond acceptors (Lipinski definition) is 8. The van der Waals surface area contributed by atoms with Crippen LogP contribution in [0.15, 0.2) is 70.3 Å². The second kappa shape index (κ2) is 16.5. The molecule has 0 aliphatic rings. The Balaban J connectivity index is 0.00000125. The number of rotatable bonds is 10. The van der Waals surface area contributed by atoms with E-state index in [1.807, 2.05) is 39.2 Å². The molecule has 0 amide bonds. The smallest absolute Gasteiger partial charge is 0.434 e. The van der Waals surface area contributed by atoms with E-state index < -0.39 is 23.2 Å². The molecule has 0 atom stereocenters. The van der Waals surface area contributed by atoms with Crippen LogP contribution >= 0.6 is 11.6 Å². The van der Waals surface area contributed by atoms with E-state index in [4.69, 9.17) is 20.8 Å². The Labute approximate surface area is 279 Å². The van der Waals surface area contributed by atoms with Gasteiger partial charge in [-0.2, -0.15) is 0 Å². The summed E-state index contributed by atoms with van der Waals surface area (Å²) in [5.74, 6) is -2.38. The topological polar surface area (TPSA) is 130 Å². The van der Waals surface area contributed by atoms with E-state index in [0.717, 1.165) is 17.8 Å². The molecule has 252 valence electrons. The fourth-order valence-electron chi connectivity index (χ4n) is 4.57. The molecule has 11 nitrogen and oxygen atoms in total. The van der Waals surface area contributed by atoms with E-state index in [1.54, 1.807) is 23.2 Å². The molecule has 6 rings (SSSR count). The van der Waals surface area contributed by atoms with Crippen molar-refractivity contribution in [1.29, 1.82) is 0 Å². The number of halogens is 4. The van der Waals surface area contributed by atoms with Crippen molar-refractivity contribution in [3.8, 4) is 28.9 Å². The Morgan fingerprint density at radius 3 is 2.44 bits per heavy atom. The maximum atomic E-state index is 15.5. The highest BCUT2D eigenvalue weighted by Crippen LogP contribution is 2.28. The van der Waals surface area contributed by atoms with E-state index in [1.165, 1.54) is 30.3 Å². The zero-order valence-corrected chi connectivity index (χ0v) is 27.7. The molecule has 15 heteroatoms. The molecule has 0 spiro atoms. The number of pyridine rings is 1. The SMILES string of the molecule is CC.CC.CCn1cncc1Cn1c(Cc2cc(F)c(-c3cccc(OCc4ccc(Cl)cc4F)n3)cc2F)nnc1-c1n[nH]c(=O)o1. The molecule has 4 heterocycles. The van der Waals surface area contributed by atoms with Gasteiger partial charge in [0.25, 0.3) is 5.89 Å². The molecule has 0 aliphatic carbocycles. The summed E-state index contributed by atoms with van der Waals surface area (Å²) in [6.45, 7) is 10.6. The first-order chi connectivity index (χ1) is 23.3. The number of ether oxygens (including phenoxy) is 1. The third-order valence-corrected chi connectivity index (χ3v) is 7.03. The number of aryl methyl sites for hydroxylation is 1. The van der Waals surface area contributed by atoms with Gasteiger partial charge in [-0.25, -0.2) is 33.0 Å². The zero-order valence-electron chi connectivity index (χ0n) is 27.0. The Hall–Kier alpha value is -5.24. The minimum atomic E-state index is -0.779. The molecule has 0 radical (unpaired) electrons. The molecule has 0 saturated heterocycles. The van der Waals surface area contributed by atoms with E-state index >= 15 is 8.78 Å². The van der Waals surface area contributed by atoms with Crippen LogP contribution in [0.5, 0.6) is 5.88 Å². The standard InChI is InChI=1S/C29H22ClF3N8O3.2C2H6/c1-2-40-15-34-12-19(40)13-41-25(36-37-27(41)28-38-39-29(42)44-28)9-17-8-23(33)20(11-22(17)32)24-4-3-5-26(35-24)43-14-16-6-7-18(30)10-21(16)31;2*1-2/h3-8,10-12,15H,2,9,13-14H2,1H3,(H,39,42);2*1-2H3. The predicted molar refractivity (Wildman–Crippen MR) is 174 cm³/mol. The fraction of sp³-hybridized carbons (Fsp3) is 0.273. The largest absolute Gasteiger partial charge is 0.473 e. The minimum absolute atomic E-state index is 0.00421. The lowest BCUT2D eigenvalue weighted by atomic mass is 10.0. The average Bonchev–Trinajstić information content (AvgIpc) is 3.84. The summed E-state index contributed by atoms with van der Waals surface area (Å²) >= 11 is 5.79. The van der Waals surface area contributed by atoms with Crippen molar-refractivity contribution in [2.24, 2.45) is 0 Å². The van der Waals surface area contributed by atoms with Crippen LogP contribution in [0, 0.1) is 17.5 Å². The van der Waals surface area contributed by atoms with Gasteiger partial charge in [-0.3, -0.25) is 0 Å². The molecule has 0 aliphatic heterocycles. The van der Waals surface area contributed by atoms with Crippen molar-refractivity contribution >= 4 is 11.6 Å². The van der Waals surface area contributed by atoms with Crippen LogP contribution < -0.4 is 10.5 Å². The second-order valence-corrected chi connectivity index (χ2v) is 10.0. The van der Waals surface area contributed by atoms with E-state index in [0.29, 0.717) is 6.54 Å². The first-order valence-corrected chi connectivity index (χ1v) is 15.7. The van der Waals surface area contributed by atoms with Gasteiger partial charge < -0.3 is 18.3 Å². The van der Waals surface area contributed by atoms with Crippen LogP contribution in [0.25, 0.3) is 23.0 Å². The molecular formula is C33H34ClF3N8O3. The van der Waals surface area contributed by atoms with Gasteiger partial charge in [0.05, 0.1) is 24.3 Å². The van der Waals surface area contributed by atoms with Gasteiger partial charge in [-0.15, -0.1) is 15.3 Å². The van der Waals surface area contributed by atoms with Crippen LogP contribution in [0.2, 0.25) is 5.02 Å². The summed E-state index contributed by atoms with van der Waals surface area (Å²) < 4.78 is 59.2. The molecule has 1 N–H and O–H groups in total. The molecule has 0 fully saturated rings. The Bertz CT molecular complexity index is 2020. The lowest BCUT2D eigenvalue weighted by molar-refractivity contribution is 0.288. The van der Waals surface area contributed by atoms with Crippen molar-refractivity contribution in [3.63, 3.8) is 0 Å². The number of aromatic nitrogens is 8. The average molecular weight is 683 g/mol. The number of hydrogen-bond donors (Lipinski definition) is 1. The van der Waals surface area contributed by atoms with Crippen molar-refractivity contribution in [2.75, 3.05) is 0 Å². The predicted octanol–water partition coefficient (Wildman–Crippen LogP) is 7.24. The number of nitrogens with one attached hydrogen (secondary N) is 1. The molecule has 48 heavy (non-hydrogen) atoms. The Morgan fingerprint density at radius 1 is 0.958 bits per heavy atom. The monoisotopic (exact) mass is 682 g/mol. The highest BCUT2D eigenvalue weighted by molar-refractivity contribution is 6.30. The summed E-state index contributed by atoms with van der Waals surface area (Å²) in [4.78, 5) is 20.0. The summed E-state index contributed by atoms with van der Waals surface area (Å²) in [6, 6.07) is 10.9. The number of nitrogens with zero attached hydrogens (tertiary/aromatic N) is 7. The quantitative estimate of drug-likeness (QED) is 0.160. The van der Waals surface area contributed by atoms with Crippen LogP contribution in [0.4, 0.5) is 13.2 Å². The second-order valence-electron chi connectivity index (χ2n) is 9.60. The summed E-state index contributed by atoms with van der Waals surface area (Å²) in [5.41, 5.74) is 1.06. The fourth-order valence-corrected chi connectivity index (χ4v) is 4.73. The zero-order chi connectivity index (χ0) is 34.8. The first-order valence-electron chi connectivity index (χ1n) is 15.3. The molecule has 0 bridgehead atoms. The van der Waals surface area contributed by atoms with Gasteiger partial charge in [0.15, 0.2) is 0 Å². The Morgan fingerprint density at radius 2 is 1.73 bits per heavy atom. The number of aromatic amines is 1. The van der Waals surface area contributed by atoms with Crippen LogP contribution in [-0.4, -0.2) is 39.5 Å². The number of H-pyrrole nitrogens is 1. The van der Waals surface area contributed by atoms with Gasteiger partial charge in [0, 0.05) is 41.4 Å². The summed E-state index contributed by atoms with van der Waals surface area (Å²) in [7, 11) is 0. The van der Waals surface area contributed by atoms with E-state index in [-0.39, 0.29) is 70.4 Å². The van der Waals surface area contributed by atoms with Crippen molar-refractivity contribution in [3.05, 3.63) is 117 Å². The molecule has 4 aromatic heterocycles. The maximum absolute atomic E-state index is 15.5. The highest BCUT2D eigenvalue weighted by atomic mass is 35.5. The Kier molecular flexibility index (Phi) is 12.3. The van der Waals surface area contributed by atoms with Crippen molar-refractivity contribution < 1.29 is 22.3 Å². The lowest BCUT2D eigenvalue weighted by Crippen LogP contribution is -2.12. The lowest BCUT2D eigenvalue weighted by Gasteiger charge is -2.12. The molecule has 6 aromatic rings. The van der Waals surface area contributed by atoms with Crippen LogP contribution in [0.3, 0.4) is 0 Å². The number of imidazole rings is 1. The highest BCUT2D eigenvalue weighted by Gasteiger charge is 2.22.